The van der Waals surface area contributed by atoms with Gasteiger partial charge in [-0.3, -0.25) is 19.4 Å². The Morgan fingerprint density at radius 2 is 1.37 bits per heavy atom. The molecule has 0 saturated heterocycles. The first-order valence-electron chi connectivity index (χ1n) is 8.79. The van der Waals surface area contributed by atoms with Gasteiger partial charge in [-0.25, -0.2) is 4.79 Å². The van der Waals surface area contributed by atoms with Crippen molar-refractivity contribution >= 4 is 84.1 Å². The third-order valence-electron chi connectivity index (χ3n) is 4.78. The molecule has 2 aliphatic heterocycles. The number of thiocarbonyl (C=S) groups is 2. The summed E-state index contributed by atoms with van der Waals surface area (Å²) >= 11 is 17.8. The van der Waals surface area contributed by atoms with Gasteiger partial charge in [0, 0.05) is 20.1 Å². The molecule has 6 nitrogen and oxygen atoms in total. The Kier molecular flexibility index (Phi) is 5.60. The normalized spacial score (nSPS) is 15.2. The standard InChI is InChI=1S/C20H12Br2N2O4S2/c1-2-28-20(27)15(23-16(25)13-9(18(23)29)5-3-7-11(13)21)24-17(26)14-10(19(24)30)6-4-8-12(14)22/h3-8,15H,2H2,1H3. The topological polar surface area (TPSA) is 66.9 Å². The second-order valence-electron chi connectivity index (χ2n) is 6.41. The van der Waals surface area contributed by atoms with Gasteiger partial charge in [0.1, 0.15) is 9.98 Å². The van der Waals surface area contributed by atoms with Gasteiger partial charge in [0.25, 0.3) is 11.8 Å². The van der Waals surface area contributed by atoms with Gasteiger partial charge in [0.2, 0.25) is 6.17 Å². The van der Waals surface area contributed by atoms with Crippen LogP contribution >= 0.6 is 56.3 Å². The van der Waals surface area contributed by atoms with E-state index in [1.807, 2.05) is 0 Å². The average Bonchev–Trinajstić information content (AvgIpc) is 3.11. The zero-order valence-electron chi connectivity index (χ0n) is 15.3. The number of hydrogen-bond donors (Lipinski definition) is 0. The lowest BCUT2D eigenvalue weighted by molar-refractivity contribution is -0.150. The van der Waals surface area contributed by atoms with Gasteiger partial charge >= 0.3 is 5.97 Å². The summed E-state index contributed by atoms with van der Waals surface area (Å²) < 4.78 is 6.29. The highest BCUT2D eigenvalue weighted by atomic mass is 79.9. The van der Waals surface area contributed by atoms with E-state index < -0.39 is 23.9 Å². The van der Waals surface area contributed by atoms with Crippen molar-refractivity contribution in [1.82, 2.24) is 9.80 Å². The molecular weight excluding hydrogens is 556 g/mol. The number of nitrogens with zero attached hydrogens (tertiary/aromatic N) is 2. The predicted molar refractivity (Wildman–Crippen MR) is 124 cm³/mol. The molecule has 0 fully saturated rings. The van der Waals surface area contributed by atoms with Crippen molar-refractivity contribution in [1.29, 1.82) is 0 Å². The molecule has 0 spiro atoms. The third-order valence-corrected chi connectivity index (χ3v) is 6.93. The fraction of sp³-hybridized carbons (Fsp3) is 0.150. The quantitative estimate of drug-likeness (QED) is 0.410. The number of rotatable bonds is 4. The molecule has 152 valence electrons. The average molecular weight is 568 g/mol. The fourth-order valence-electron chi connectivity index (χ4n) is 3.51. The van der Waals surface area contributed by atoms with Crippen LogP contribution in [0.2, 0.25) is 0 Å². The molecular formula is C20H12Br2N2O4S2. The molecule has 30 heavy (non-hydrogen) atoms. The van der Waals surface area contributed by atoms with Crippen LogP contribution in [-0.2, 0) is 9.53 Å². The molecule has 0 aromatic heterocycles. The number of fused-ring (bicyclic) bond motifs is 2. The van der Waals surface area contributed by atoms with Crippen molar-refractivity contribution in [2.75, 3.05) is 6.61 Å². The molecule has 0 bridgehead atoms. The van der Waals surface area contributed by atoms with E-state index in [1.54, 1.807) is 43.3 Å². The highest BCUT2D eigenvalue weighted by molar-refractivity contribution is 9.10. The van der Waals surface area contributed by atoms with Crippen molar-refractivity contribution in [3.8, 4) is 0 Å². The second kappa shape index (κ2) is 7.92. The molecule has 2 amide bonds. The Bertz CT molecular complexity index is 1090. The number of halogens is 2. The molecule has 4 rings (SSSR count). The van der Waals surface area contributed by atoms with E-state index in [9.17, 15) is 14.4 Å². The number of carbonyl (C=O) groups is 3. The molecule has 0 N–H and O–H groups in total. The Balaban J connectivity index is 1.85. The summed E-state index contributed by atoms with van der Waals surface area (Å²) in [6.07, 6.45) is -1.46. The van der Waals surface area contributed by atoms with E-state index in [0.29, 0.717) is 31.2 Å². The Labute approximate surface area is 199 Å². The Morgan fingerprint density at radius 1 is 0.933 bits per heavy atom. The molecule has 0 radical (unpaired) electrons. The molecule has 2 aromatic rings. The largest absolute Gasteiger partial charge is 0.463 e. The summed E-state index contributed by atoms with van der Waals surface area (Å²) in [5.74, 6) is -1.81. The third kappa shape index (κ3) is 3.05. The summed E-state index contributed by atoms with van der Waals surface area (Å²) in [7, 11) is 0. The number of hydrogen-bond acceptors (Lipinski definition) is 6. The van der Waals surface area contributed by atoms with Crippen LogP contribution in [-0.4, -0.2) is 50.3 Å². The number of carbonyl (C=O) groups excluding carboxylic acids is 3. The van der Waals surface area contributed by atoms with Gasteiger partial charge in [-0.05, 0) is 50.9 Å². The van der Waals surface area contributed by atoms with Crippen LogP contribution in [0.25, 0.3) is 0 Å². The Hall–Kier alpha value is -2.01. The summed E-state index contributed by atoms with van der Waals surface area (Å²) in [4.78, 5) is 42.1. The molecule has 0 aliphatic carbocycles. The number of benzene rings is 2. The van der Waals surface area contributed by atoms with E-state index in [4.69, 9.17) is 29.2 Å². The van der Waals surface area contributed by atoms with Crippen molar-refractivity contribution in [2.45, 2.75) is 13.1 Å². The lowest BCUT2D eigenvalue weighted by atomic mass is 10.1. The monoisotopic (exact) mass is 566 g/mol. The van der Waals surface area contributed by atoms with Gasteiger partial charge in [-0.2, -0.15) is 0 Å². The van der Waals surface area contributed by atoms with E-state index in [-0.39, 0.29) is 16.6 Å². The molecule has 0 unspecified atom stereocenters. The molecule has 10 heteroatoms. The van der Waals surface area contributed by atoms with Crippen LogP contribution in [0.5, 0.6) is 0 Å². The van der Waals surface area contributed by atoms with Crippen LogP contribution in [0.15, 0.2) is 45.3 Å². The van der Waals surface area contributed by atoms with Crippen molar-refractivity contribution in [3.05, 3.63) is 67.6 Å². The predicted octanol–water partition coefficient (Wildman–Crippen LogP) is 4.06. The maximum absolute atomic E-state index is 13.3. The Morgan fingerprint density at radius 3 is 1.73 bits per heavy atom. The minimum Gasteiger partial charge on any atom is -0.463 e. The van der Waals surface area contributed by atoms with Gasteiger partial charge < -0.3 is 4.74 Å². The number of amides is 2. The van der Waals surface area contributed by atoms with Crippen molar-refractivity contribution in [2.24, 2.45) is 0 Å². The number of ether oxygens (including phenoxy) is 1. The van der Waals surface area contributed by atoms with Crippen molar-refractivity contribution in [3.63, 3.8) is 0 Å². The van der Waals surface area contributed by atoms with Gasteiger partial charge in [-0.1, -0.05) is 48.7 Å². The second-order valence-corrected chi connectivity index (χ2v) is 8.89. The molecule has 2 heterocycles. The first kappa shape index (κ1) is 21.2. The zero-order chi connectivity index (χ0) is 21.7. The van der Waals surface area contributed by atoms with Crippen molar-refractivity contribution < 1.29 is 19.1 Å². The van der Waals surface area contributed by atoms with E-state index in [1.165, 1.54) is 0 Å². The minimum absolute atomic E-state index is 0.0617. The summed E-state index contributed by atoms with van der Waals surface area (Å²) in [6, 6.07) is 10.3. The lowest BCUT2D eigenvalue weighted by Gasteiger charge is -2.32. The zero-order valence-corrected chi connectivity index (χ0v) is 20.2. The lowest BCUT2D eigenvalue weighted by Crippen LogP contribution is -2.57. The first-order valence-corrected chi connectivity index (χ1v) is 11.2. The minimum atomic E-state index is -1.46. The molecule has 0 atom stereocenters. The maximum Gasteiger partial charge on any atom is 0.350 e. The van der Waals surface area contributed by atoms with E-state index in [2.05, 4.69) is 31.9 Å². The summed E-state index contributed by atoms with van der Waals surface area (Å²) in [6.45, 7) is 1.70. The van der Waals surface area contributed by atoms with Gasteiger partial charge in [-0.15, -0.1) is 0 Å². The maximum atomic E-state index is 13.3. The van der Waals surface area contributed by atoms with Crippen LogP contribution in [0.4, 0.5) is 0 Å². The summed E-state index contributed by atoms with van der Waals surface area (Å²) in [5.41, 5.74) is 1.64. The van der Waals surface area contributed by atoms with Crippen LogP contribution in [0.3, 0.4) is 0 Å². The van der Waals surface area contributed by atoms with E-state index >= 15 is 0 Å². The van der Waals surface area contributed by atoms with Gasteiger partial charge in [0.15, 0.2) is 0 Å². The SMILES string of the molecule is CCOC(=O)C(N1C(=O)c2c(Br)cccc2C1=S)N1C(=O)c2c(Br)cccc2C1=S. The van der Waals surface area contributed by atoms with E-state index in [0.717, 1.165) is 9.80 Å². The highest BCUT2D eigenvalue weighted by Gasteiger charge is 2.50. The highest BCUT2D eigenvalue weighted by Crippen LogP contribution is 2.36. The van der Waals surface area contributed by atoms with Crippen LogP contribution in [0.1, 0.15) is 38.8 Å². The smallest absolute Gasteiger partial charge is 0.350 e. The van der Waals surface area contributed by atoms with Gasteiger partial charge in [0.05, 0.1) is 17.7 Å². The molecule has 2 aliphatic rings. The fourth-order valence-corrected chi connectivity index (χ4v) is 5.29. The number of esters is 1. The molecule has 2 aromatic carbocycles. The first-order chi connectivity index (χ1) is 14.3. The summed E-state index contributed by atoms with van der Waals surface area (Å²) in [5, 5.41) is 0. The van der Waals surface area contributed by atoms with Crippen LogP contribution < -0.4 is 0 Å². The molecule has 0 saturated carbocycles. The van der Waals surface area contributed by atoms with Crippen LogP contribution in [0, 0.1) is 0 Å².